The normalized spacial score (nSPS) is 18.6. The zero-order valence-electron chi connectivity index (χ0n) is 15.0. The van der Waals surface area contributed by atoms with Crippen LogP contribution in [-0.4, -0.2) is 20.9 Å². The fraction of sp³-hybridized carbons (Fsp3) is 0.316. The molecule has 0 unspecified atom stereocenters. The van der Waals surface area contributed by atoms with Crippen LogP contribution < -0.4 is 14.8 Å². The van der Waals surface area contributed by atoms with Crippen molar-refractivity contribution in [2.75, 3.05) is 16.6 Å². The second kappa shape index (κ2) is 7.90. The molecule has 1 fully saturated rings. The molecule has 1 aliphatic rings. The highest BCUT2D eigenvalue weighted by Crippen LogP contribution is 2.38. The standard InChI is InChI=1S/C19H21BrN2O4S/c1-3-26-18-8-7-14(11-17(18)20)22-27(24,25)15-6-4-5-13(10-15)21-19(23)16-9-12(16)2/h4-8,10-12,16,22H,3,9H2,1-2H3,(H,21,23)/t12-,16+/m1/s1. The number of sulfonamides is 1. The first-order valence-corrected chi connectivity index (χ1v) is 10.9. The van der Waals surface area contributed by atoms with Gasteiger partial charge in [0.2, 0.25) is 5.91 Å². The SMILES string of the molecule is CCOc1ccc(NS(=O)(=O)c2cccc(NC(=O)[C@H]3C[C@H]3C)c2)cc1Br. The van der Waals surface area contributed by atoms with E-state index < -0.39 is 10.0 Å². The van der Waals surface area contributed by atoms with Gasteiger partial charge in [0.15, 0.2) is 0 Å². The van der Waals surface area contributed by atoms with Crippen molar-refractivity contribution >= 4 is 43.2 Å². The van der Waals surface area contributed by atoms with Crippen molar-refractivity contribution < 1.29 is 17.9 Å². The van der Waals surface area contributed by atoms with E-state index in [9.17, 15) is 13.2 Å². The van der Waals surface area contributed by atoms with Crippen LogP contribution in [0.1, 0.15) is 20.3 Å². The number of hydrogen-bond acceptors (Lipinski definition) is 4. The van der Waals surface area contributed by atoms with Gasteiger partial charge in [-0.1, -0.05) is 13.0 Å². The lowest BCUT2D eigenvalue weighted by Crippen LogP contribution is -2.16. The number of hydrogen-bond donors (Lipinski definition) is 2. The summed E-state index contributed by atoms with van der Waals surface area (Å²) in [6.07, 6.45) is 0.873. The van der Waals surface area contributed by atoms with E-state index in [0.717, 1.165) is 6.42 Å². The summed E-state index contributed by atoms with van der Waals surface area (Å²) in [6, 6.07) is 11.2. The molecule has 3 rings (SSSR count). The molecule has 8 heteroatoms. The second-order valence-corrected chi connectivity index (χ2v) is 9.06. The van der Waals surface area contributed by atoms with Crippen molar-refractivity contribution in [2.45, 2.75) is 25.2 Å². The third-order valence-electron chi connectivity index (χ3n) is 4.34. The van der Waals surface area contributed by atoms with Crippen LogP contribution in [0.2, 0.25) is 0 Å². The fourth-order valence-electron chi connectivity index (χ4n) is 2.71. The molecule has 6 nitrogen and oxygen atoms in total. The van der Waals surface area contributed by atoms with E-state index in [1.807, 2.05) is 13.8 Å². The molecular weight excluding hydrogens is 432 g/mol. The lowest BCUT2D eigenvalue weighted by atomic mass is 10.3. The van der Waals surface area contributed by atoms with Gasteiger partial charge in [-0.25, -0.2) is 8.42 Å². The molecule has 0 heterocycles. The Labute approximate surface area is 167 Å². The number of anilines is 2. The first kappa shape index (κ1) is 19.7. The van der Waals surface area contributed by atoms with Crippen LogP contribution in [0.25, 0.3) is 0 Å². The van der Waals surface area contributed by atoms with E-state index in [0.29, 0.717) is 34.1 Å². The largest absolute Gasteiger partial charge is 0.493 e. The summed E-state index contributed by atoms with van der Waals surface area (Å²) in [5.74, 6) is 0.973. The number of halogens is 1. The van der Waals surface area contributed by atoms with E-state index in [1.165, 1.54) is 12.1 Å². The van der Waals surface area contributed by atoms with Crippen LogP contribution in [0.15, 0.2) is 51.8 Å². The van der Waals surface area contributed by atoms with Crippen molar-refractivity contribution in [3.05, 3.63) is 46.9 Å². The van der Waals surface area contributed by atoms with Gasteiger partial charge in [0.05, 0.1) is 21.7 Å². The zero-order valence-corrected chi connectivity index (χ0v) is 17.4. The number of nitrogens with one attached hydrogen (secondary N) is 2. The van der Waals surface area contributed by atoms with Crippen molar-refractivity contribution in [2.24, 2.45) is 11.8 Å². The Morgan fingerprint density at radius 1 is 1.22 bits per heavy atom. The van der Waals surface area contributed by atoms with Gasteiger partial charge in [-0.2, -0.15) is 0 Å². The molecule has 0 bridgehead atoms. The van der Waals surface area contributed by atoms with Gasteiger partial charge in [-0.15, -0.1) is 0 Å². The highest BCUT2D eigenvalue weighted by Gasteiger charge is 2.39. The van der Waals surface area contributed by atoms with Gasteiger partial charge in [0, 0.05) is 11.6 Å². The smallest absolute Gasteiger partial charge is 0.261 e. The highest BCUT2D eigenvalue weighted by atomic mass is 79.9. The number of carbonyl (C=O) groups is 1. The second-order valence-electron chi connectivity index (χ2n) is 6.52. The Hall–Kier alpha value is -2.06. The van der Waals surface area contributed by atoms with Gasteiger partial charge in [-0.05, 0) is 71.6 Å². The molecule has 0 aromatic heterocycles. The topological polar surface area (TPSA) is 84.5 Å². The summed E-state index contributed by atoms with van der Waals surface area (Å²) >= 11 is 3.37. The maximum atomic E-state index is 12.7. The minimum absolute atomic E-state index is 0.0181. The molecule has 1 amide bonds. The van der Waals surface area contributed by atoms with Gasteiger partial charge >= 0.3 is 0 Å². The van der Waals surface area contributed by atoms with Crippen LogP contribution >= 0.6 is 15.9 Å². The number of ether oxygens (including phenoxy) is 1. The lowest BCUT2D eigenvalue weighted by Gasteiger charge is -2.12. The van der Waals surface area contributed by atoms with Gasteiger partial charge in [0.25, 0.3) is 10.0 Å². The van der Waals surface area contributed by atoms with Crippen LogP contribution in [0.4, 0.5) is 11.4 Å². The quantitative estimate of drug-likeness (QED) is 0.657. The third kappa shape index (κ3) is 4.81. The molecule has 27 heavy (non-hydrogen) atoms. The van der Waals surface area contributed by atoms with Crippen molar-refractivity contribution in [3.63, 3.8) is 0 Å². The maximum Gasteiger partial charge on any atom is 0.261 e. The molecule has 2 atom stereocenters. The van der Waals surface area contributed by atoms with E-state index in [-0.39, 0.29) is 16.7 Å². The van der Waals surface area contributed by atoms with Crippen LogP contribution in [0.3, 0.4) is 0 Å². The molecular formula is C19H21BrN2O4S. The first-order valence-electron chi connectivity index (χ1n) is 8.66. The molecule has 1 aliphatic carbocycles. The molecule has 0 spiro atoms. The summed E-state index contributed by atoms with van der Waals surface area (Å²) in [6.45, 7) is 4.41. The van der Waals surface area contributed by atoms with E-state index in [2.05, 4.69) is 26.0 Å². The van der Waals surface area contributed by atoms with E-state index in [1.54, 1.807) is 30.3 Å². The van der Waals surface area contributed by atoms with Crippen molar-refractivity contribution in [3.8, 4) is 5.75 Å². The van der Waals surface area contributed by atoms with E-state index >= 15 is 0 Å². The Balaban J connectivity index is 1.75. The monoisotopic (exact) mass is 452 g/mol. The third-order valence-corrected chi connectivity index (χ3v) is 6.34. The minimum atomic E-state index is -3.79. The summed E-state index contributed by atoms with van der Waals surface area (Å²) in [4.78, 5) is 12.1. The molecule has 0 saturated heterocycles. The number of rotatable bonds is 7. The Morgan fingerprint density at radius 2 is 1.96 bits per heavy atom. The highest BCUT2D eigenvalue weighted by molar-refractivity contribution is 9.10. The van der Waals surface area contributed by atoms with Crippen LogP contribution in [-0.2, 0) is 14.8 Å². The van der Waals surface area contributed by atoms with Crippen molar-refractivity contribution in [1.29, 1.82) is 0 Å². The molecule has 144 valence electrons. The minimum Gasteiger partial charge on any atom is -0.493 e. The molecule has 2 aromatic carbocycles. The first-order chi connectivity index (χ1) is 12.8. The maximum absolute atomic E-state index is 12.7. The summed E-state index contributed by atoms with van der Waals surface area (Å²) in [5.41, 5.74) is 0.876. The average Bonchev–Trinajstić information content (AvgIpc) is 3.34. The predicted octanol–water partition coefficient (Wildman–Crippen LogP) is 4.24. The average molecular weight is 453 g/mol. The van der Waals surface area contributed by atoms with Crippen LogP contribution in [0.5, 0.6) is 5.75 Å². The molecule has 2 aromatic rings. The number of amides is 1. The van der Waals surface area contributed by atoms with Gasteiger partial charge in [0.1, 0.15) is 5.75 Å². The molecule has 1 saturated carbocycles. The summed E-state index contributed by atoms with van der Waals surface area (Å²) in [7, 11) is -3.79. The van der Waals surface area contributed by atoms with Crippen molar-refractivity contribution in [1.82, 2.24) is 0 Å². The summed E-state index contributed by atoms with van der Waals surface area (Å²) < 4.78 is 34.0. The Kier molecular flexibility index (Phi) is 5.76. The summed E-state index contributed by atoms with van der Waals surface area (Å²) in [5, 5.41) is 2.79. The molecule has 2 N–H and O–H groups in total. The van der Waals surface area contributed by atoms with E-state index in [4.69, 9.17) is 4.74 Å². The van der Waals surface area contributed by atoms with Gasteiger partial charge in [-0.3, -0.25) is 9.52 Å². The Bertz CT molecular complexity index is 962. The number of carbonyl (C=O) groups excluding carboxylic acids is 1. The zero-order chi connectivity index (χ0) is 19.6. The molecule has 0 aliphatic heterocycles. The van der Waals surface area contributed by atoms with Crippen LogP contribution in [0, 0.1) is 11.8 Å². The number of benzene rings is 2. The predicted molar refractivity (Wildman–Crippen MR) is 108 cm³/mol. The molecule has 0 radical (unpaired) electrons. The lowest BCUT2D eigenvalue weighted by molar-refractivity contribution is -0.117. The Morgan fingerprint density at radius 3 is 2.59 bits per heavy atom. The van der Waals surface area contributed by atoms with Gasteiger partial charge < -0.3 is 10.1 Å². The fourth-order valence-corrected chi connectivity index (χ4v) is 4.30.